The number of hydrogen-bond donors (Lipinski definition) is 1. The van der Waals surface area contributed by atoms with Gasteiger partial charge in [0, 0.05) is 5.56 Å². The van der Waals surface area contributed by atoms with Crippen LogP contribution in [0.2, 0.25) is 0 Å². The molecule has 168 valence electrons. The highest BCUT2D eigenvalue weighted by molar-refractivity contribution is 7.92. The summed E-state index contributed by atoms with van der Waals surface area (Å²) in [5, 5.41) is 2.93. The van der Waals surface area contributed by atoms with Gasteiger partial charge in [-0.15, -0.1) is 0 Å². The molecule has 3 aromatic rings. The Labute approximate surface area is 187 Å². The Kier molecular flexibility index (Phi) is 7.15. The van der Waals surface area contributed by atoms with Crippen molar-refractivity contribution in [2.24, 2.45) is 0 Å². The monoisotopic (exact) mass is 456 g/mol. The van der Waals surface area contributed by atoms with E-state index in [-0.39, 0.29) is 24.3 Å². The maximum absolute atomic E-state index is 13.2. The quantitative estimate of drug-likeness (QED) is 0.549. The van der Waals surface area contributed by atoms with Crippen molar-refractivity contribution in [2.75, 3.05) is 17.7 Å². The Bertz CT molecular complexity index is 1160. The highest BCUT2D eigenvalue weighted by Gasteiger charge is 2.19. The van der Waals surface area contributed by atoms with Crippen LogP contribution in [0.15, 0.2) is 72.8 Å². The summed E-state index contributed by atoms with van der Waals surface area (Å²) in [5.74, 6) is 0.0714. The van der Waals surface area contributed by atoms with Crippen LogP contribution >= 0.6 is 0 Å². The molecule has 3 rings (SSSR count). The number of methoxy groups -OCH3 is 1. The number of nitrogens with one attached hydrogen (secondary N) is 1. The van der Waals surface area contributed by atoms with E-state index in [4.69, 9.17) is 4.74 Å². The SMILES string of the molecule is COc1ccc(C(C)NC(=O)c2ccc(N(Cc3ccc(F)cc3)S(C)(=O)=O)cc2)cc1. The fraction of sp³-hybridized carbons (Fsp3) is 0.208. The molecule has 0 aliphatic rings. The predicted octanol–water partition coefficient (Wildman–Crippen LogP) is 4.29. The van der Waals surface area contributed by atoms with Gasteiger partial charge in [0.25, 0.3) is 5.91 Å². The fourth-order valence-corrected chi connectivity index (χ4v) is 4.08. The second-order valence-corrected chi connectivity index (χ2v) is 9.32. The van der Waals surface area contributed by atoms with Gasteiger partial charge in [-0.05, 0) is 66.6 Å². The van der Waals surface area contributed by atoms with Crippen LogP contribution < -0.4 is 14.4 Å². The maximum atomic E-state index is 13.2. The first-order valence-electron chi connectivity index (χ1n) is 9.94. The van der Waals surface area contributed by atoms with Gasteiger partial charge < -0.3 is 10.1 Å². The van der Waals surface area contributed by atoms with Crippen LogP contribution in [0.4, 0.5) is 10.1 Å². The number of sulfonamides is 1. The lowest BCUT2D eigenvalue weighted by Crippen LogP contribution is -2.29. The zero-order valence-corrected chi connectivity index (χ0v) is 18.9. The van der Waals surface area contributed by atoms with Gasteiger partial charge in [-0.3, -0.25) is 9.10 Å². The Morgan fingerprint density at radius 1 is 1.00 bits per heavy atom. The van der Waals surface area contributed by atoms with Crippen molar-refractivity contribution in [3.05, 3.63) is 95.3 Å². The van der Waals surface area contributed by atoms with E-state index in [2.05, 4.69) is 5.32 Å². The third-order valence-corrected chi connectivity index (χ3v) is 6.16. The summed E-state index contributed by atoms with van der Waals surface area (Å²) in [6.07, 6.45) is 1.10. The summed E-state index contributed by atoms with van der Waals surface area (Å²) in [5.41, 5.74) is 2.39. The van der Waals surface area contributed by atoms with Gasteiger partial charge in [-0.25, -0.2) is 12.8 Å². The molecule has 0 aliphatic carbocycles. The Morgan fingerprint density at radius 3 is 2.12 bits per heavy atom. The van der Waals surface area contributed by atoms with E-state index in [0.717, 1.165) is 17.6 Å². The van der Waals surface area contributed by atoms with E-state index in [1.54, 1.807) is 31.4 Å². The minimum Gasteiger partial charge on any atom is -0.497 e. The molecule has 0 radical (unpaired) electrons. The van der Waals surface area contributed by atoms with Gasteiger partial charge in [-0.2, -0.15) is 0 Å². The van der Waals surface area contributed by atoms with Gasteiger partial charge in [0.05, 0.1) is 31.6 Å². The number of anilines is 1. The fourth-order valence-electron chi connectivity index (χ4n) is 3.19. The van der Waals surface area contributed by atoms with Crippen LogP contribution in [0.3, 0.4) is 0 Å². The first-order chi connectivity index (χ1) is 15.2. The lowest BCUT2D eigenvalue weighted by molar-refractivity contribution is 0.0940. The average Bonchev–Trinajstić information content (AvgIpc) is 2.78. The summed E-state index contributed by atoms with van der Waals surface area (Å²) in [6.45, 7) is 1.93. The van der Waals surface area contributed by atoms with E-state index < -0.39 is 10.0 Å². The molecule has 0 saturated carbocycles. The maximum Gasteiger partial charge on any atom is 0.251 e. The summed E-state index contributed by atoms with van der Waals surface area (Å²) in [6, 6.07) is 19.2. The summed E-state index contributed by atoms with van der Waals surface area (Å²) in [4.78, 5) is 12.6. The molecule has 1 unspecified atom stereocenters. The first-order valence-corrected chi connectivity index (χ1v) is 11.8. The molecular weight excluding hydrogens is 431 g/mol. The summed E-state index contributed by atoms with van der Waals surface area (Å²) in [7, 11) is -2.00. The van der Waals surface area contributed by atoms with Crippen molar-refractivity contribution in [3.63, 3.8) is 0 Å². The van der Waals surface area contributed by atoms with Gasteiger partial charge in [-0.1, -0.05) is 24.3 Å². The first kappa shape index (κ1) is 23.3. The molecule has 0 spiro atoms. The van der Waals surface area contributed by atoms with Crippen molar-refractivity contribution >= 4 is 21.6 Å². The number of amides is 1. The molecule has 0 aromatic heterocycles. The molecule has 0 aliphatic heterocycles. The lowest BCUT2D eigenvalue weighted by atomic mass is 10.1. The van der Waals surface area contributed by atoms with Crippen molar-refractivity contribution in [1.29, 1.82) is 0 Å². The van der Waals surface area contributed by atoms with Gasteiger partial charge >= 0.3 is 0 Å². The molecule has 3 aromatic carbocycles. The molecule has 0 saturated heterocycles. The van der Waals surface area contributed by atoms with E-state index >= 15 is 0 Å². The van der Waals surface area contributed by atoms with Crippen molar-refractivity contribution in [2.45, 2.75) is 19.5 Å². The molecule has 0 heterocycles. The van der Waals surface area contributed by atoms with Gasteiger partial charge in [0.2, 0.25) is 10.0 Å². The van der Waals surface area contributed by atoms with E-state index in [1.165, 1.54) is 28.6 Å². The zero-order valence-electron chi connectivity index (χ0n) is 18.1. The Morgan fingerprint density at radius 2 is 1.59 bits per heavy atom. The zero-order chi connectivity index (χ0) is 23.3. The third-order valence-electron chi connectivity index (χ3n) is 5.02. The normalized spacial score (nSPS) is 12.1. The van der Waals surface area contributed by atoms with Gasteiger partial charge in [0.15, 0.2) is 0 Å². The Hall–Kier alpha value is -3.39. The average molecular weight is 457 g/mol. The highest BCUT2D eigenvalue weighted by Crippen LogP contribution is 2.22. The van der Waals surface area contributed by atoms with Crippen LogP contribution in [0, 0.1) is 5.82 Å². The number of ether oxygens (including phenoxy) is 1. The van der Waals surface area contributed by atoms with Crippen molar-refractivity contribution in [1.82, 2.24) is 5.32 Å². The molecule has 0 bridgehead atoms. The molecular formula is C24H25FN2O4S. The van der Waals surface area contributed by atoms with Crippen LogP contribution in [-0.4, -0.2) is 27.7 Å². The highest BCUT2D eigenvalue weighted by atomic mass is 32.2. The minimum absolute atomic E-state index is 0.0547. The summed E-state index contributed by atoms with van der Waals surface area (Å²) >= 11 is 0. The predicted molar refractivity (Wildman–Crippen MR) is 123 cm³/mol. The number of benzene rings is 3. The van der Waals surface area contributed by atoms with E-state index in [9.17, 15) is 17.6 Å². The molecule has 0 fully saturated rings. The second-order valence-electron chi connectivity index (χ2n) is 7.41. The summed E-state index contributed by atoms with van der Waals surface area (Å²) < 4.78 is 44.2. The third kappa shape index (κ3) is 5.85. The van der Waals surface area contributed by atoms with Crippen LogP contribution in [0.5, 0.6) is 5.75 Å². The smallest absolute Gasteiger partial charge is 0.251 e. The number of halogens is 1. The van der Waals surface area contributed by atoms with Crippen LogP contribution in [-0.2, 0) is 16.6 Å². The number of carbonyl (C=O) groups excluding carboxylic acids is 1. The van der Waals surface area contributed by atoms with Crippen LogP contribution in [0.25, 0.3) is 0 Å². The van der Waals surface area contributed by atoms with Crippen molar-refractivity contribution < 1.29 is 22.3 Å². The van der Waals surface area contributed by atoms with E-state index in [0.29, 0.717) is 16.8 Å². The molecule has 1 atom stereocenters. The number of hydrogen-bond acceptors (Lipinski definition) is 4. The minimum atomic E-state index is -3.59. The molecule has 1 N–H and O–H groups in total. The van der Waals surface area contributed by atoms with Crippen molar-refractivity contribution in [3.8, 4) is 5.75 Å². The number of nitrogens with zero attached hydrogens (tertiary/aromatic N) is 1. The number of carbonyl (C=O) groups is 1. The molecule has 6 nitrogen and oxygen atoms in total. The molecule has 32 heavy (non-hydrogen) atoms. The van der Waals surface area contributed by atoms with Crippen LogP contribution in [0.1, 0.15) is 34.5 Å². The van der Waals surface area contributed by atoms with Gasteiger partial charge in [0.1, 0.15) is 11.6 Å². The Balaban J connectivity index is 1.73. The second kappa shape index (κ2) is 9.82. The topological polar surface area (TPSA) is 75.7 Å². The van der Waals surface area contributed by atoms with E-state index in [1.807, 2.05) is 31.2 Å². The largest absolute Gasteiger partial charge is 0.497 e. The lowest BCUT2D eigenvalue weighted by Gasteiger charge is -2.23. The standard InChI is InChI=1S/C24H25FN2O4S/c1-17(19-8-14-23(31-2)15-9-19)26-24(28)20-6-12-22(13-7-20)27(32(3,29)30)16-18-4-10-21(25)11-5-18/h4-15,17H,16H2,1-3H3,(H,26,28). The number of rotatable bonds is 8. The molecule has 1 amide bonds. The molecule has 8 heteroatoms.